The second-order valence-corrected chi connectivity index (χ2v) is 6.92. The van der Waals surface area contributed by atoms with E-state index >= 15 is 0 Å². The molecule has 0 aliphatic carbocycles. The van der Waals surface area contributed by atoms with Gasteiger partial charge in [0.15, 0.2) is 16.8 Å². The summed E-state index contributed by atoms with van der Waals surface area (Å²) < 4.78 is 12.5. The predicted octanol–water partition coefficient (Wildman–Crippen LogP) is 3.88. The first-order valence-electron chi connectivity index (χ1n) is 8.83. The van der Waals surface area contributed by atoms with E-state index in [-0.39, 0.29) is 0 Å². The van der Waals surface area contributed by atoms with E-state index in [9.17, 15) is 0 Å². The van der Waals surface area contributed by atoms with Gasteiger partial charge in [-0.2, -0.15) is 4.98 Å². The molecule has 146 valence electrons. The lowest BCUT2D eigenvalue weighted by atomic mass is 10.2. The van der Waals surface area contributed by atoms with Crippen molar-refractivity contribution in [3.63, 3.8) is 0 Å². The molecule has 0 radical (unpaired) electrons. The average molecular weight is 406 g/mol. The summed E-state index contributed by atoms with van der Waals surface area (Å²) in [6.07, 6.45) is 5.28. The monoisotopic (exact) mass is 406 g/mol. The Hall–Kier alpha value is -3.46. The SMILES string of the molecule is C=CCn1c(SCc2noc(-c3ccc(OC)cc3)n2)nnc1-c1ccncc1. The topological polar surface area (TPSA) is 91.8 Å². The summed E-state index contributed by atoms with van der Waals surface area (Å²) in [6, 6.07) is 11.3. The molecule has 8 nitrogen and oxygen atoms in total. The van der Waals surface area contributed by atoms with Crippen LogP contribution in [0.15, 0.2) is 71.1 Å². The Morgan fingerprint density at radius 3 is 2.62 bits per heavy atom. The highest BCUT2D eigenvalue weighted by molar-refractivity contribution is 7.98. The first-order chi connectivity index (χ1) is 14.3. The number of nitrogens with zero attached hydrogens (tertiary/aromatic N) is 6. The van der Waals surface area contributed by atoms with Gasteiger partial charge in [-0.05, 0) is 36.4 Å². The number of ether oxygens (including phenoxy) is 1. The van der Waals surface area contributed by atoms with Gasteiger partial charge in [0.1, 0.15) is 5.75 Å². The maximum atomic E-state index is 5.38. The number of benzene rings is 1. The van der Waals surface area contributed by atoms with E-state index in [0.717, 1.165) is 27.9 Å². The third kappa shape index (κ3) is 4.19. The normalized spacial score (nSPS) is 10.8. The van der Waals surface area contributed by atoms with Crippen molar-refractivity contribution in [2.24, 2.45) is 0 Å². The van der Waals surface area contributed by atoms with Gasteiger partial charge in [0.05, 0.1) is 12.9 Å². The second-order valence-electron chi connectivity index (χ2n) is 5.97. The Balaban J connectivity index is 1.50. The molecule has 0 saturated heterocycles. The highest BCUT2D eigenvalue weighted by Gasteiger charge is 2.15. The summed E-state index contributed by atoms with van der Waals surface area (Å²) >= 11 is 1.49. The Kier molecular flexibility index (Phi) is 5.66. The third-order valence-corrected chi connectivity index (χ3v) is 5.07. The molecule has 0 bridgehead atoms. The van der Waals surface area contributed by atoms with Gasteiger partial charge in [0.25, 0.3) is 5.89 Å². The van der Waals surface area contributed by atoms with Crippen molar-refractivity contribution < 1.29 is 9.26 Å². The predicted molar refractivity (Wildman–Crippen MR) is 109 cm³/mol. The lowest BCUT2D eigenvalue weighted by Crippen LogP contribution is -2.01. The molecule has 1 aromatic carbocycles. The van der Waals surface area contributed by atoms with Crippen LogP contribution in [0.25, 0.3) is 22.8 Å². The van der Waals surface area contributed by atoms with E-state index in [1.165, 1.54) is 11.8 Å². The Morgan fingerprint density at radius 2 is 1.90 bits per heavy atom. The number of hydrogen-bond acceptors (Lipinski definition) is 8. The van der Waals surface area contributed by atoms with Crippen molar-refractivity contribution in [3.05, 3.63) is 67.3 Å². The van der Waals surface area contributed by atoms with E-state index in [0.29, 0.717) is 24.0 Å². The van der Waals surface area contributed by atoms with Crippen LogP contribution >= 0.6 is 11.8 Å². The zero-order chi connectivity index (χ0) is 20.1. The fourth-order valence-corrected chi connectivity index (χ4v) is 3.49. The van der Waals surface area contributed by atoms with Gasteiger partial charge in [0.2, 0.25) is 0 Å². The first kappa shape index (κ1) is 18.9. The van der Waals surface area contributed by atoms with Crippen LogP contribution < -0.4 is 4.74 Å². The van der Waals surface area contributed by atoms with Crippen LogP contribution in [0, 0.1) is 0 Å². The van der Waals surface area contributed by atoms with Crippen LogP contribution in [0.1, 0.15) is 5.82 Å². The summed E-state index contributed by atoms with van der Waals surface area (Å²) in [7, 11) is 1.63. The van der Waals surface area contributed by atoms with Crippen molar-refractivity contribution in [2.75, 3.05) is 7.11 Å². The van der Waals surface area contributed by atoms with Gasteiger partial charge in [-0.1, -0.05) is 23.0 Å². The number of methoxy groups -OCH3 is 1. The zero-order valence-electron chi connectivity index (χ0n) is 15.7. The number of rotatable bonds is 8. The molecule has 9 heteroatoms. The van der Waals surface area contributed by atoms with Crippen LogP contribution in [-0.4, -0.2) is 37.0 Å². The molecule has 0 atom stereocenters. The number of thioether (sulfide) groups is 1. The molecule has 0 unspecified atom stereocenters. The minimum atomic E-state index is 0.466. The fourth-order valence-electron chi connectivity index (χ4n) is 2.70. The molecule has 3 heterocycles. The summed E-state index contributed by atoms with van der Waals surface area (Å²) in [5, 5.41) is 13.5. The van der Waals surface area contributed by atoms with Crippen LogP contribution in [0.3, 0.4) is 0 Å². The number of aromatic nitrogens is 6. The van der Waals surface area contributed by atoms with Crippen LogP contribution in [0.4, 0.5) is 0 Å². The summed E-state index contributed by atoms with van der Waals surface area (Å²) in [5.74, 6) is 3.09. The lowest BCUT2D eigenvalue weighted by molar-refractivity contribution is 0.414. The Labute approximate surface area is 171 Å². The van der Waals surface area contributed by atoms with E-state index < -0.39 is 0 Å². The summed E-state index contributed by atoms with van der Waals surface area (Å²) in [6.45, 7) is 4.43. The average Bonchev–Trinajstić information content (AvgIpc) is 3.40. The molecule has 0 N–H and O–H groups in total. The van der Waals surface area contributed by atoms with E-state index in [4.69, 9.17) is 9.26 Å². The number of allylic oxidation sites excluding steroid dienone is 1. The van der Waals surface area contributed by atoms with Crippen molar-refractivity contribution in [3.8, 4) is 28.6 Å². The third-order valence-electron chi connectivity index (χ3n) is 4.10. The van der Waals surface area contributed by atoms with E-state index in [2.05, 4.69) is 31.9 Å². The smallest absolute Gasteiger partial charge is 0.257 e. The minimum absolute atomic E-state index is 0.466. The van der Waals surface area contributed by atoms with Crippen molar-refractivity contribution >= 4 is 11.8 Å². The Morgan fingerprint density at radius 1 is 1.10 bits per heavy atom. The van der Waals surface area contributed by atoms with E-state index in [1.54, 1.807) is 19.5 Å². The number of pyridine rings is 1. The first-order valence-corrected chi connectivity index (χ1v) is 9.81. The molecule has 29 heavy (non-hydrogen) atoms. The van der Waals surface area contributed by atoms with Crippen molar-refractivity contribution in [2.45, 2.75) is 17.5 Å². The quantitative estimate of drug-likeness (QED) is 0.322. The molecule has 4 rings (SSSR count). The van der Waals surface area contributed by atoms with Gasteiger partial charge >= 0.3 is 0 Å². The van der Waals surface area contributed by atoms with Crippen molar-refractivity contribution in [1.29, 1.82) is 0 Å². The molecular weight excluding hydrogens is 388 g/mol. The zero-order valence-corrected chi connectivity index (χ0v) is 16.5. The van der Waals surface area contributed by atoms with Gasteiger partial charge < -0.3 is 9.26 Å². The molecule has 0 aliphatic heterocycles. The maximum absolute atomic E-state index is 5.38. The highest BCUT2D eigenvalue weighted by atomic mass is 32.2. The maximum Gasteiger partial charge on any atom is 0.257 e. The standard InChI is InChI=1S/C20H18N6O2S/c1-3-12-26-18(14-8-10-21-11-9-14)23-24-20(26)29-13-17-22-19(28-25-17)15-4-6-16(27-2)7-5-15/h3-11H,1,12-13H2,2H3. The molecule has 0 spiro atoms. The summed E-state index contributed by atoms with van der Waals surface area (Å²) in [5.41, 5.74) is 1.78. The molecule has 0 amide bonds. The van der Waals surface area contributed by atoms with Gasteiger partial charge in [-0.3, -0.25) is 9.55 Å². The number of hydrogen-bond donors (Lipinski definition) is 0. The molecular formula is C20H18N6O2S. The lowest BCUT2D eigenvalue weighted by Gasteiger charge is -2.06. The van der Waals surface area contributed by atoms with Gasteiger partial charge in [-0.15, -0.1) is 16.8 Å². The molecule has 3 aromatic heterocycles. The second kappa shape index (κ2) is 8.70. The van der Waals surface area contributed by atoms with Gasteiger partial charge in [-0.25, -0.2) is 0 Å². The van der Waals surface area contributed by atoms with Gasteiger partial charge in [0, 0.05) is 30.1 Å². The molecule has 4 aromatic rings. The molecule has 0 aliphatic rings. The Bertz CT molecular complexity index is 1090. The molecule has 0 fully saturated rings. The highest BCUT2D eigenvalue weighted by Crippen LogP contribution is 2.27. The fraction of sp³-hybridized carbons (Fsp3) is 0.150. The van der Waals surface area contributed by atoms with Crippen LogP contribution in [-0.2, 0) is 12.3 Å². The van der Waals surface area contributed by atoms with Crippen LogP contribution in [0.5, 0.6) is 5.75 Å². The minimum Gasteiger partial charge on any atom is -0.497 e. The van der Waals surface area contributed by atoms with Crippen LogP contribution in [0.2, 0.25) is 0 Å². The van der Waals surface area contributed by atoms with Crippen molar-refractivity contribution in [1.82, 2.24) is 29.9 Å². The largest absolute Gasteiger partial charge is 0.497 e. The van der Waals surface area contributed by atoms with E-state index in [1.807, 2.05) is 47.0 Å². The molecule has 0 saturated carbocycles. The summed E-state index contributed by atoms with van der Waals surface area (Å²) in [4.78, 5) is 8.52.